The Bertz CT molecular complexity index is 918. The van der Waals surface area contributed by atoms with Gasteiger partial charge in [-0.2, -0.15) is 0 Å². The highest BCUT2D eigenvalue weighted by molar-refractivity contribution is 6.32. The molecule has 28 heavy (non-hydrogen) atoms. The molecule has 0 unspecified atom stereocenters. The lowest BCUT2D eigenvalue weighted by molar-refractivity contribution is -0.384. The Morgan fingerprint density at radius 3 is 2.46 bits per heavy atom. The summed E-state index contributed by atoms with van der Waals surface area (Å²) in [5.74, 6) is -0.204. The number of halogens is 1. The highest BCUT2D eigenvalue weighted by atomic mass is 35.5. The van der Waals surface area contributed by atoms with Crippen LogP contribution in [0.4, 0.5) is 11.4 Å². The van der Waals surface area contributed by atoms with Gasteiger partial charge in [0, 0.05) is 17.7 Å². The molecule has 2 N–H and O–H groups in total. The summed E-state index contributed by atoms with van der Waals surface area (Å²) in [6.07, 6.45) is 0. The molecule has 0 aromatic heterocycles. The first-order valence-electron chi connectivity index (χ1n) is 8.04. The monoisotopic (exact) mass is 407 g/mol. The van der Waals surface area contributed by atoms with E-state index in [1.165, 1.54) is 33.3 Å². The van der Waals surface area contributed by atoms with Crippen LogP contribution in [0.2, 0.25) is 5.02 Å². The lowest BCUT2D eigenvalue weighted by Crippen LogP contribution is -2.41. The van der Waals surface area contributed by atoms with Crippen molar-refractivity contribution in [2.24, 2.45) is 0 Å². The van der Waals surface area contributed by atoms with Gasteiger partial charge < -0.3 is 20.1 Å². The maximum Gasteiger partial charge on any atom is 0.288 e. The van der Waals surface area contributed by atoms with Crippen LogP contribution in [0.5, 0.6) is 11.5 Å². The Labute approximate surface area is 165 Å². The lowest BCUT2D eigenvalue weighted by Gasteiger charge is -2.16. The molecular formula is C18H18ClN3O6. The van der Waals surface area contributed by atoms with Crippen LogP contribution in [0.1, 0.15) is 17.3 Å². The van der Waals surface area contributed by atoms with Crippen molar-refractivity contribution in [2.75, 3.05) is 19.5 Å². The van der Waals surface area contributed by atoms with Gasteiger partial charge >= 0.3 is 0 Å². The van der Waals surface area contributed by atoms with Crippen LogP contribution in [0.15, 0.2) is 36.4 Å². The van der Waals surface area contributed by atoms with Crippen LogP contribution in [0.25, 0.3) is 0 Å². The number of carbonyl (C=O) groups excluding carboxylic acids is 2. The summed E-state index contributed by atoms with van der Waals surface area (Å²) in [4.78, 5) is 34.9. The molecule has 2 rings (SSSR count). The summed E-state index contributed by atoms with van der Waals surface area (Å²) < 4.78 is 10.3. The number of anilines is 1. The maximum absolute atomic E-state index is 12.4. The van der Waals surface area contributed by atoms with Crippen molar-refractivity contribution in [1.29, 1.82) is 0 Å². The third-order valence-corrected chi connectivity index (χ3v) is 4.13. The zero-order chi connectivity index (χ0) is 20.8. The molecule has 2 aromatic rings. The van der Waals surface area contributed by atoms with Crippen LogP contribution in [0.3, 0.4) is 0 Å². The molecule has 0 radical (unpaired) electrons. The van der Waals surface area contributed by atoms with E-state index in [1.807, 2.05) is 0 Å². The van der Waals surface area contributed by atoms with Gasteiger partial charge in [0.1, 0.15) is 22.6 Å². The number of methoxy groups -OCH3 is 2. The molecule has 1 atom stereocenters. The predicted molar refractivity (Wildman–Crippen MR) is 103 cm³/mol. The molecule has 0 aliphatic carbocycles. The third-order valence-electron chi connectivity index (χ3n) is 3.81. The van der Waals surface area contributed by atoms with Gasteiger partial charge in [-0.1, -0.05) is 11.6 Å². The quantitative estimate of drug-likeness (QED) is 0.537. The molecule has 0 saturated carbocycles. The topological polar surface area (TPSA) is 120 Å². The summed E-state index contributed by atoms with van der Waals surface area (Å²) in [5, 5.41) is 16.0. The van der Waals surface area contributed by atoms with Crippen LogP contribution in [-0.2, 0) is 4.79 Å². The minimum Gasteiger partial charge on any atom is -0.497 e. The number of hydrogen-bond donors (Lipinski definition) is 2. The van der Waals surface area contributed by atoms with Gasteiger partial charge in [-0.25, -0.2) is 0 Å². The minimum atomic E-state index is -0.922. The van der Waals surface area contributed by atoms with Crippen molar-refractivity contribution in [3.63, 3.8) is 0 Å². The molecule has 0 saturated heterocycles. The maximum atomic E-state index is 12.4. The van der Waals surface area contributed by atoms with Gasteiger partial charge in [0.15, 0.2) is 0 Å². The van der Waals surface area contributed by atoms with Crippen molar-refractivity contribution < 1.29 is 24.0 Å². The van der Waals surface area contributed by atoms with Crippen LogP contribution < -0.4 is 20.1 Å². The van der Waals surface area contributed by atoms with Crippen LogP contribution >= 0.6 is 11.6 Å². The molecule has 9 nitrogen and oxygen atoms in total. The van der Waals surface area contributed by atoms with E-state index < -0.39 is 28.5 Å². The fourth-order valence-corrected chi connectivity index (χ4v) is 2.47. The smallest absolute Gasteiger partial charge is 0.288 e. The van der Waals surface area contributed by atoms with Gasteiger partial charge in [0.05, 0.1) is 24.8 Å². The van der Waals surface area contributed by atoms with Crippen molar-refractivity contribution in [3.05, 3.63) is 57.1 Å². The number of nitrogens with zero attached hydrogens (tertiary/aromatic N) is 1. The van der Waals surface area contributed by atoms with Crippen LogP contribution in [0, 0.1) is 10.1 Å². The first-order valence-corrected chi connectivity index (χ1v) is 8.42. The average Bonchev–Trinajstić information content (AvgIpc) is 2.68. The first-order chi connectivity index (χ1) is 13.3. The molecule has 0 aliphatic heterocycles. The Kier molecular flexibility index (Phi) is 6.78. The van der Waals surface area contributed by atoms with Crippen molar-refractivity contribution in [1.82, 2.24) is 5.32 Å². The highest BCUT2D eigenvalue weighted by Crippen LogP contribution is 2.29. The molecule has 0 heterocycles. The Balaban J connectivity index is 2.09. The number of carbonyl (C=O) groups is 2. The number of hydrogen-bond acceptors (Lipinski definition) is 6. The summed E-state index contributed by atoms with van der Waals surface area (Å²) >= 11 is 5.73. The molecule has 0 bridgehead atoms. The molecule has 0 fully saturated rings. The second-order valence-corrected chi connectivity index (χ2v) is 6.08. The van der Waals surface area contributed by atoms with E-state index in [1.54, 1.807) is 18.2 Å². The number of ether oxygens (including phenoxy) is 2. The number of rotatable bonds is 7. The van der Waals surface area contributed by atoms with E-state index in [4.69, 9.17) is 21.1 Å². The largest absolute Gasteiger partial charge is 0.497 e. The molecule has 10 heteroatoms. The molecule has 2 aromatic carbocycles. The van der Waals surface area contributed by atoms with Gasteiger partial charge in [0.25, 0.3) is 11.6 Å². The van der Waals surface area contributed by atoms with E-state index >= 15 is 0 Å². The number of nitrogens with one attached hydrogen (secondary N) is 2. The molecule has 0 spiro atoms. The third kappa shape index (κ3) is 4.89. The van der Waals surface area contributed by atoms with E-state index in [2.05, 4.69) is 10.6 Å². The van der Waals surface area contributed by atoms with Gasteiger partial charge in [-0.15, -0.1) is 0 Å². The fraction of sp³-hybridized carbons (Fsp3) is 0.222. The van der Waals surface area contributed by atoms with E-state index in [-0.39, 0.29) is 10.6 Å². The average molecular weight is 408 g/mol. The summed E-state index contributed by atoms with van der Waals surface area (Å²) in [7, 11) is 2.95. The van der Waals surface area contributed by atoms with Gasteiger partial charge in [-0.3, -0.25) is 19.7 Å². The normalized spacial score (nSPS) is 11.3. The van der Waals surface area contributed by atoms with Crippen molar-refractivity contribution >= 4 is 34.8 Å². The number of amides is 2. The van der Waals surface area contributed by atoms with E-state index in [0.29, 0.717) is 17.2 Å². The van der Waals surface area contributed by atoms with Crippen molar-refractivity contribution in [3.8, 4) is 11.5 Å². The highest BCUT2D eigenvalue weighted by Gasteiger charge is 2.21. The summed E-state index contributed by atoms with van der Waals surface area (Å²) in [5.41, 5.74) is 0.0173. The number of benzene rings is 2. The van der Waals surface area contributed by atoms with Gasteiger partial charge in [-0.05, 0) is 31.2 Å². The predicted octanol–water partition coefficient (Wildman–Crippen LogP) is 3.02. The van der Waals surface area contributed by atoms with E-state index in [0.717, 1.165) is 6.07 Å². The zero-order valence-electron chi connectivity index (χ0n) is 15.3. The lowest BCUT2D eigenvalue weighted by atomic mass is 10.1. The summed E-state index contributed by atoms with van der Waals surface area (Å²) in [6, 6.07) is 7.57. The Hall–Kier alpha value is -3.33. The molecule has 148 valence electrons. The SMILES string of the molecule is COc1ccc(NC(=O)[C@H](C)NC(=O)c2ccc(Cl)c([N+](=O)[O-])c2)c(OC)c1. The Morgan fingerprint density at radius 1 is 1.14 bits per heavy atom. The second kappa shape index (κ2) is 9.05. The van der Waals surface area contributed by atoms with Crippen LogP contribution in [-0.4, -0.2) is 37.0 Å². The van der Waals surface area contributed by atoms with E-state index in [9.17, 15) is 19.7 Å². The first kappa shape index (κ1) is 21.0. The minimum absolute atomic E-state index is 0.0118. The summed E-state index contributed by atoms with van der Waals surface area (Å²) in [6.45, 7) is 1.48. The number of nitro groups is 1. The second-order valence-electron chi connectivity index (χ2n) is 5.67. The standard InChI is InChI=1S/C18H18ClN3O6/c1-10(17(23)21-14-7-5-12(27-2)9-16(14)28-3)20-18(24)11-4-6-13(19)15(8-11)22(25)26/h4-10H,1-3H3,(H,20,24)(H,21,23)/t10-/m0/s1. The zero-order valence-corrected chi connectivity index (χ0v) is 16.1. The molecule has 0 aliphatic rings. The molecule has 2 amide bonds. The Morgan fingerprint density at radius 2 is 1.86 bits per heavy atom. The number of nitro benzene ring substituents is 1. The molecular weight excluding hydrogens is 390 g/mol. The van der Waals surface area contributed by atoms with Gasteiger partial charge in [0.2, 0.25) is 5.91 Å². The van der Waals surface area contributed by atoms with Crippen molar-refractivity contribution in [2.45, 2.75) is 13.0 Å². The fourth-order valence-electron chi connectivity index (χ4n) is 2.28.